The minimum atomic E-state index is -3.31. The number of carbonyl (C=O) groups excluding carboxylic acids is 1. The quantitative estimate of drug-likeness (QED) is 0.279. The number of hydrogen-bond donors (Lipinski definition) is 2. The molecule has 2 amide bonds. The van der Waals surface area contributed by atoms with Crippen LogP contribution < -0.4 is 24.4 Å². The van der Waals surface area contributed by atoms with Gasteiger partial charge in [-0.25, -0.2) is 13.2 Å². The average molecular weight is 581 g/mol. The topological polar surface area (TPSA) is 100 Å². The van der Waals surface area contributed by atoms with Crippen molar-refractivity contribution in [3.05, 3.63) is 78.4 Å². The predicted octanol–water partition coefficient (Wildman–Crippen LogP) is 5.84. The number of benzene rings is 3. The molecule has 3 aromatic rings. The maximum Gasteiger partial charge on any atom is 0.322 e. The van der Waals surface area contributed by atoms with Crippen molar-refractivity contribution in [3.8, 4) is 17.2 Å². The molecule has 3 aromatic carbocycles. The van der Waals surface area contributed by atoms with Crippen molar-refractivity contribution in [2.45, 2.75) is 45.2 Å². The van der Waals surface area contributed by atoms with Gasteiger partial charge in [0.05, 0.1) is 13.4 Å². The Bertz CT molecular complexity index is 1370. The lowest BCUT2D eigenvalue weighted by Gasteiger charge is -2.34. The maximum absolute atomic E-state index is 13.2. The minimum Gasteiger partial charge on any atom is -0.497 e. The van der Waals surface area contributed by atoms with Gasteiger partial charge in [0.25, 0.3) is 0 Å². The van der Waals surface area contributed by atoms with Crippen LogP contribution in [0.1, 0.15) is 38.2 Å². The highest BCUT2D eigenvalue weighted by atomic mass is 32.2. The molecule has 0 saturated carbocycles. The number of anilines is 2. The average Bonchev–Trinajstić information content (AvgIpc) is 2.96. The summed E-state index contributed by atoms with van der Waals surface area (Å²) < 4.78 is 36.4. The van der Waals surface area contributed by atoms with Crippen LogP contribution in [0.25, 0.3) is 0 Å². The minimum absolute atomic E-state index is 0.0537. The van der Waals surface area contributed by atoms with Gasteiger partial charge in [0.2, 0.25) is 10.0 Å². The fraction of sp³-hybridized carbons (Fsp3) is 0.387. The van der Waals surface area contributed by atoms with Gasteiger partial charge in [-0.1, -0.05) is 31.5 Å². The Morgan fingerprint density at radius 1 is 0.976 bits per heavy atom. The van der Waals surface area contributed by atoms with Gasteiger partial charge in [0, 0.05) is 49.7 Å². The maximum atomic E-state index is 13.2. The fourth-order valence-corrected chi connectivity index (χ4v) is 5.36. The molecule has 0 aliphatic carbocycles. The molecular weight excluding hydrogens is 540 g/mol. The number of sulfonamides is 1. The first kappa shape index (κ1) is 30.2. The number of urea groups is 1. The van der Waals surface area contributed by atoms with Gasteiger partial charge >= 0.3 is 6.03 Å². The molecule has 0 atom stereocenters. The van der Waals surface area contributed by atoms with E-state index in [1.807, 2.05) is 41.3 Å². The molecule has 1 heterocycles. The molecular formula is C31H40N4O5S. The number of amides is 2. The van der Waals surface area contributed by atoms with Crippen LogP contribution in [-0.2, 0) is 16.6 Å². The lowest BCUT2D eigenvalue weighted by molar-refractivity contribution is 0.188. The van der Waals surface area contributed by atoms with Crippen molar-refractivity contribution in [2.75, 3.05) is 42.6 Å². The van der Waals surface area contributed by atoms with E-state index >= 15 is 0 Å². The number of methoxy groups -OCH3 is 1. The van der Waals surface area contributed by atoms with Crippen molar-refractivity contribution in [1.82, 2.24) is 10.2 Å². The molecule has 0 spiro atoms. The summed E-state index contributed by atoms with van der Waals surface area (Å²) in [4.78, 5) is 17.5. The van der Waals surface area contributed by atoms with Crippen LogP contribution in [0.4, 0.5) is 16.2 Å². The van der Waals surface area contributed by atoms with E-state index in [4.69, 9.17) is 9.47 Å². The molecule has 0 radical (unpaired) electrons. The normalized spacial score (nSPS) is 14.3. The number of ether oxygens (including phenoxy) is 2. The summed E-state index contributed by atoms with van der Waals surface area (Å²) in [6.07, 6.45) is 4.86. The molecule has 0 unspecified atom stereocenters. The second-order valence-electron chi connectivity index (χ2n) is 10.4. The smallest absolute Gasteiger partial charge is 0.322 e. The molecule has 1 fully saturated rings. The summed E-state index contributed by atoms with van der Waals surface area (Å²) in [5.74, 6) is 2.08. The van der Waals surface area contributed by atoms with E-state index in [1.165, 1.54) is 5.56 Å². The number of rotatable bonds is 12. The molecule has 0 aromatic heterocycles. The van der Waals surface area contributed by atoms with Gasteiger partial charge in [0.15, 0.2) is 0 Å². The lowest BCUT2D eigenvalue weighted by atomic mass is 10.0. The number of piperidine rings is 1. The van der Waals surface area contributed by atoms with E-state index in [0.29, 0.717) is 23.7 Å². The highest BCUT2D eigenvalue weighted by Gasteiger charge is 2.24. The molecule has 1 saturated heterocycles. The third-order valence-corrected chi connectivity index (χ3v) is 7.59. The Hall–Kier alpha value is -3.76. The predicted molar refractivity (Wildman–Crippen MR) is 164 cm³/mol. The van der Waals surface area contributed by atoms with Gasteiger partial charge in [-0.2, -0.15) is 0 Å². The number of carbonyl (C=O) groups is 1. The molecule has 1 aliphatic heterocycles. The van der Waals surface area contributed by atoms with Gasteiger partial charge in [0.1, 0.15) is 17.2 Å². The zero-order valence-corrected chi connectivity index (χ0v) is 24.8. The monoisotopic (exact) mass is 580 g/mol. The van der Waals surface area contributed by atoms with Gasteiger partial charge in [-0.3, -0.25) is 14.5 Å². The lowest BCUT2D eigenvalue weighted by Crippen LogP contribution is -2.49. The summed E-state index contributed by atoms with van der Waals surface area (Å²) in [7, 11) is -1.68. The molecule has 10 heteroatoms. The summed E-state index contributed by atoms with van der Waals surface area (Å²) in [5.41, 5.74) is 2.53. The summed E-state index contributed by atoms with van der Waals surface area (Å²) >= 11 is 0. The van der Waals surface area contributed by atoms with Crippen LogP contribution in [0.5, 0.6) is 17.2 Å². The zero-order valence-electron chi connectivity index (χ0n) is 24.0. The molecule has 9 nitrogen and oxygen atoms in total. The first-order valence-electron chi connectivity index (χ1n) is 14.0. The number of nitrogens with zero attached hydrogens (tertiary/aromatic N) is 2. The molecule has 41 heavy (non-hydrogen) atoms. The Labute approximate surface area is 243 Å². The van der Waals surface area contributed by atoms with Crippen LogP contribution in [0.3, 0.4) is 0 Å². The van der Waals surface area contributed by atoms with E-state index in [-0.39, 0.29) is 12.1 Å². The standard InChI is InChI=1S/C31H40N4O5S/c1-4-5-19-35(27-7-6-8-30(22-27)39-2)31(36)32-25-17-20-34(21-18-25)23-24-9-13-28(14-10-24)40-29-15-11-26(12-16-29)33-41(3,37)38/h6-16,22,25,33H,4-5,17-21,23H2,1-3H3,(H,32,36). The van der Waals surface area contributed by atoms with E-state index in [9.17, 15) is 13.2 Å². The Kier molecular flexibility index (Phi) is 10.5. The van der Waals surface area contributed by atoms with Crippen molar-refractivity contribution in [1.29, 1.82) is 0 Å². The van der Waals surface area contributed by atoms with E-state index in [0.717, 1.165) is 63.0 Å². The van der Waals surface area contributed by atoms with Crippen LogP contribution in [0.15, 0.2) is 72.8 Å². The fourth-order valence-electron chi connectivity index (χ4n) is 4.79. The van der Waals surface area contributed by atoms with Gasteiger partial charge < -0.3 is 14.8 Å². The van der Waals surface area contributed by atoms with E-state index in [1.54, 1.807) is 31.4 Å². The second-order valence-corrected chi connectivity index (χ2v) is 12.1. The van der Waals surface area contributed by atoms with Crippen LogP contribution >= 0.6 is 0 Å². The van der Waals surface area contributed by atoms with Crippen molar-refractivity contribution in [2.24, 2.45) is 0 Å². The number of unbranched alkanes of at least 4 members (excludes halogenated alkanes) is 1. The number of hydrogen-bond acceptors (Lipinski definition) is 6. The summed E-state index contributed by atoms with van der Waals surface area (Å²) in [6, 6.07) is 22.5. The third-order valence-electron chi connectivity index (χ3n) is 6.98. The summed E-state index contributed by atoms with van der Waals surface area (Å²) in [6.45, 7) is 5.44. The SMILES string of the molecule is CCCCN(C(=O)NC1CCN(Cc2ccc(Oc3ccc(NS(C)(=O)=O)cc3)cc2)CC1)c1cccc(OC)c1. The number of nitrogens with one attached hydrogen (secondary N) is 2. The van der Waals surface area contributed by atoms with Crippen molar-refractivity contribution in [3.63, 3.8) is 0 Å². The van der Waals surface area contributed by atoms with E-state index < -0.39 is 10.0 Å². The summed E-state index contributed by atoms with van der Waals surface area (Å²) in [5, 5.41) is 3.26. The molecule has 4 rings (SSSR count). The molecule has 0 bridgehead atoms. The van der Waals surface area contributed by atoms with Crippen molar-refractivity contribution < 1.29 is 22.7 Å². The molecule has 2 N–H and O–H groups in total. The highest BCUT2D eigenvalue weighted by Crippen LogP contribution is 2.25. The Balaban J connectivity index is 1.25. The largest absolute Gasteiger partial charge is 0.497 e. The van der Waals surface area contributed by atoms with Crippen LogP contribution in [0.2, 0.25) is 0 Å². The highest BCUT2D eigenvalue weighted by molar-refractivity contribution is 7.92. The van der Waals surface area contributed by atoms with Gasteiger partial charge in [-0.15, -0.1) is 0 Å². The number of likely N-dealkylation sites (tertiary alicyclic amines) is 1. The third kappa shape index (κ3) is 9.40. The first-order chi connectivity index (χ1) is 19.7. The van der Waals surface area contributed by atoms with Gasteiger partial charge in [-0.05, 0) is 73.4 Å². The van der Waals surface area contributed by atoms with Crippen molar-refractivity contribution >= 4 is 27.4 Å². The zero-order chi connectivity index (χ0) is 29.2. The molecule has 1 aliphatic rings. The van der Waals surface area contributed by atoms with E-state index in [2.05, 4.69) is 34.0 Å². The van der Waals surface area contributed by atoms with Crippen LogP contribution in [-0.4, -0.2) is 58.4 Å². The Morgan fingerprint density at radius 3 is 2.24 bits per heavy atom. The Morgan fingerprint density at radius 2 is 1.63 bits per heavy atom. The second kappa shape index (κ2) is 14.2. The van der Waals surface area contributed by atoms with Crippen LogP contribution in [0, 0.1) is 0 Å². The first-order valence-corrected chi connectivity index (χ1v) is 15.9. The molecule has 220 valence electrons.